The summed E-state index contributed by atoms with van der Waals surface area (Å²) in [5.41, 5.74) is 0.743. The molecule has 5 heteroatoms. The third-order valence-corrected chi connectivity index (χ3v) is 3.20. The predicted molar refractivity (Wildman–Crippen MR) is 82.5 cm³/mol. The molecule has 0 aliphatic heterocycles. The molecular formula is C16H25N3O2. The number of carbonyl (C=O) groups is 2. The van der Waals surface area contributed by atoms with Gasteiger partial charge in [0.1, 0.15) is 0 Å². The van der Waals surface area contributed by atoms with Gasteiger partial charge in [0.15, 0.2) is 0 Å². The van der Waals surface area contributed by atoms with Crippen LogP contribution in [0.15, 0.2) is 24.4 Å². The minimum atomic E-state index is -0.548. The largest absolute Gasteiger partial charge is 0.342 e. The molecule has 1 rings (SSSR count). The van der Waals surface area contributed by atoms with E-state index in [1.807, 2.05) is 18.2 Å². The average Bonchev–Trinajstić information content (AvgIpc) is 2.53. The van der Waals surface area contributed by atoms with Gasteiger partial charge in [0.25, 0.3) is 0 Å². The number of nitrogens with zero attached hydrogens (tertiary/aromatic N) is 2. The monoisotopic (exact) mass is 291 g/mol. The lowest BCUT2D eigenvalue weighted by Gasteiger charge is -2.21. The zero-order chi connectivity index (χ0) is 15.5. The number of unbranched alkanes of at least 4 members (excludes halogenated alkanes) is 2. The third-order valence-electron chi connectivity index (χ3n) is 3.20. The highest BCUT2D eigenvalue weighted by molar-refractivity contribution is 6.34. The molecule has 1 heterocycles. The molecule has 0 bridgehead atoms. The molecule has 0 atom stereocenters. The summed E-state index contributed by atoms with van der Waals surface area (Å²) in [6, 6.07) is 5.48. The van der Waals surface area contributed by atoms with Crippen molar-refractivity contribution < 1.29 is 9.59 Å². The molecule has 21 heavy (non-hydrogen) atoms. The molecule has 1 aromatic heterocycles. The highest BCUT2D eigenvalue weighted by atomic mass is 16.2. The van der Waals surface area contributed by atoms with Gasteiger partial charge in [0.05, 0.1) is 12.2 Å². The van der Waals surface area contributed by atoms with Gasteiger partial charge in [-0.25, -0.2) is 0 Å². The van der Waals surface area contributed by atoms with Crippen molar-refractivity contribution in [1.29, 1.82) is 0 Å². The number of hydrogen-bond donors (Lipinski definition) is 1. The lowest BCUT2D eigenvalue weighted by atomic mass is 10.2. The molecule has 0 fully saturated rings. The minimum Gasteiger partial charge on any atom is -0.342 e. The van der Waals surface area contributed by atoms with Gasteiger partial charge in [0.2, 0.25) is 0 Å². The van der Waals surface area contributed by atoms with E-state index in [4.69, 9.17) is 0 Å². The second kappa shape index (κ2) is 9.91. The number of rotatable bonds is 8. The quantitative estimate of drug-likeness (QED) is 0.746. The van der Waals surface area contributed by atoms with Crippen LogP contribution in [0.4, 0.5) is 0 Å². The molecule has 0 aromatic carbocycles. The van der Waals surface area contributed by atoms with E-state index in [0.717, 1.165) is 31.4 Å². The van der Waals surface area contributed by atoms with Crippen molar-refractivity contribution in [3.8, 4) is 0 Å². The SMILES string of the molecule is CCCCN(CCCC)C(=O)C(=O)NCc1ccccn1. The number of pyridine rings is 1. The fourth-order valence-electron chi connectivity index (χ4n) is 1.91. The van der Waals surface area contributed by atoms with Crippen molar-refractivity contribution in [3.05, 3.63) is 30.1 Å². The zero-order valence-electron chi connectivity index (χ0n) is 13.0. The number of aromatic nitrogens is 1. The van der Waals surface area contributed by atoms with E-state index < -0.39 is 11.8 Å². The fourth-order valence-corrected chi connectivity index (χ4v) is 1.91. The Morgan fingerprint density at radius 1 is 1.14 bits per heavy atom. The molecular weight excluding hydrogens is 266 g/mol. The Morgan fingerprint density at radius 2 is 1.81 bits per heavy atom. The number of hydrogen-bond acceptors (Lipinski definition) is 3. The fraction of sp³-hybridized carbons (Fsp3) is 0.562. The van der Waals surface area contributed by atoms with Crippen LogP contribution in [0.2, 0.25) is 0 Å². The molecule has 0 saturated heterocycles. The van der Waals surface area contributed by atoms with Crippen molar-refractivity contribution in [2.75, 3.05) is 13.1 Å². The maximum atomic E-state index is 12.2. The average molecular weight is 291 g/mol. The molecule has 0 radical (unpaired) electrons. The Balaban J connectivity index is 2.50. The van der Waals surface area contributed by atoms with Crippen LogP contribution in [0.5, 0.6) is 0 Å². The van der Waals surface area contributed by atoms with E-state index in [1.165, 1.54) is 0 Å². The smallest absolute Gasteiger partial charge is 0.311 e. The van der Waals surface area contributed by atoms with Crippen molar-refractivity contribution >= 4 is 11.8 Å². The molecule has 0 aliphatic carbocycles. The predicted octanol–water partition coefficient (Wildman–Crippen LogP) is 2.13. The molecule has 1 N–H and O–H groups in total. The van der Waals surface area contributed by atoms with Crippen LogP contribution in [0.1, 0.15) is 45.2 Å². The summed E-state index contributed by atoms with van der Waals surface area (Å²) in [5.74, 6) is -0.985. The second-order valence-corrected chi connectivity index (χ2v) is 5.00. The molecule has 0 spiro atoms. The van der Waals surface area contributed by atoms with Crippen LogP contribution < -0.4 is 5.32 Å². The summed E-state index contributed by atoms with van der Waals surface area (Å²) in [7, 11) is 0. The van der Waals surface area contributed by atoms with Gasteiger partial charge < -0.3 is 10.2 Å². The molecule has 1 aromatic rings. The molecule has 0 unspecified atom stereocenters. The van der Waals surface area contributed by atoms with Crippen LogP contribution in [-0.4, -0.2) is 34.8 Å². The highest BCUT2D eigenvalue weighted by Gasteiger charge is 2.20. The molecule has 116 valence electrons. The van der Waals surface area contributed by atoms with E-state index in [0.29, 0.717) is 13.1 Å². The topological polar surface area (TPSA) is 62.3 Å². The Labute approximate surface area is 126 Å². The summed E-state index contributed by atoms with van der Waals surface area (Å²) in [4.78, 5) is 29.9. The summed E-state index contributed by atoms with van der Waals surface area (Å²) in [6.07, 6.45) is 5.51. The van der Waals surface area contributed by atoms with Gasteiger partial charge in [-0.2, -0.15) is 0 Å². The van der Waals surface area contributed by atoms with E-state index >= 15 is 0 Å². The maximum absolute atomic E-state index is 12.2. The van der Waals surface area contributed by atoms with Crippen molar-refractivity contribution in [2.24, 2.45) is 0 Å². The Bertz CT molecular complexity index is 426. The number of carbonyl (C=O) groups excluding carboxylic acids is 2. The summed E-state index contributed by atoms with van der Waals surface area (Å²) in [5, 5.41) is 2.64. The van der Waals surface area contributed by atoms with Gasteiger partial charge in [-0.05, 0) is 25.0 Å². The Morgan fingerprint density at radius 3 is 2.33 bits per heavy atom. The first-order valence-corrected chi connectivity index (χ1v) is 7.66. The van der Waals surface area contributed by atoms with Gasteiger partial charge in [0, 0.05) is 19.3 Å². The van der Waals surface area contributed by atoms with Crippen LogP contribution in [0.3, 0.4) is 0 Å². The summed E-state index contributed by atoms with van der Waals surface area (Å²) in [6.45, 7) is 5.72. The zero-order valence-corrected chi connectivity index (χ0v) is 13.0. The second-order valence-electron chi connectivity index (χ2n) is 5.00. The lowest BCUT2D eigenvalue weighted by molar-refractivity contribution is -0.146. The Hall–Kier alpha value is -1.91. The van der Waals surface area contributed by atoms with E-state index in [9.17, 15) is 9.59 Å². The van der Waals surface area contributed by atoms with E-state index in [-0.39, 0.29) is 6.54 Å². The maximum Gasteiger partial charge on any atom is 0.311 e. The van der Waals surface area contributed by atoms with Crippen molar-refractivity contribution in [1.82, 2.24) is 15.2 Å². The number of nitrogens with one attached hydrogen (secondary N) is 1. The molecule has 0 saturated carbocycles. The highest BCUT2D eigenvalue weighted by Crippen LogP contribution is 2.01. The normalized spacial score (nSPS) is 10.2. The van der Waals surface area contributed by atoms with Gasteiger partial charge >= 0.3 is 11.8 Å². The van der Waals surface area contributed by atoms with Crippen molar-refractivity contribution in [3.63, 3.8) is 0 Å². The van der Waals surface area contributed by atoms with Crippen molar-refractivity contribution in [2.45, 2.75) is 46.1 Å². The van der Waals surface area contributed by atoms with Gasteiger partial charge in [-0.1, -0.05) is 32.8 Å². The molecule has 2 amide bonds. The first kappa shape index (κ1) is 17.1. The summed E-state index contributed by atoms with van der Waals surface area (Å²) >= 11 is 0. The first-order chi connectivity index (χ1) is 10.2. The van der Waals surface area contributed by atoms with E-state index in [1.54, 1.807) is 11.1 Å². The van der Waals surface area contributed by atoms with Crippen LogP contribution in [0, 0.1) is 0 Å². The van der Waals surface area contributed by atoms with Crippen LogP contribution in [0.25, 0.3) is 0 Å². The minimum absolute atomic E-state index is 0.279. The Kier molecular flexibility index (Phi) is 8.09. The van der Waals surface area contributed by atoms with Crippen LogP contribution in [-0.2, 0) is 16.1 Å². The standard InChI is InChI=1S/C16H25N3O2/c1-3-5-11-19(12-6-4-2)16(21)15(20)18-13-14-9-7-8-10-17-14/h7-10H,3-6,11-13H2,1-2H3,(H,18,20). The van der Waals surface area contributed by atoms with Crippen LogP contribution >= 0.6 is 0 Å². The molecule has 0 aliphatic rings. The summed E-state index contributed by atoms with van der Waals surface area (Å²) < 4.78 is 0. The van der Waals surface area contributed by atoms with Gasteiger partial charge in [-0.3, -0.25) is 14.6 Å². The van der Waals surface area contributed by atoms with E-state index in [2.05, 4.69) is 24.1 Å². The number of amides is 2. The third kappa shape index (κ3) is 6.38. The first-order valence-electron chi connectivity index (χ1n) is 7.66. The van der Waals surface area contributed by atoms with Gasteiger partial charge in [-0.15, -0.1) is 0 Å². The lowest BCUT2D eigenvalue weighted by Crippen LogP contribution is -2.43. The molecule has 5 nitrogen and oxygen atoms in total.